The summed E-state index contributed by atoms with van der Waals surface area (Å²) < 4.78 is 18.8. The fraction of sp³-hybridized carbons (Fsp3) is 0.429. The van der Waals surface area contributed by atoms with E-state index >= 15 is 0 Å². The summed E-state index contributed by atoms with van der Waals surface area (Å²) in [6.45, 7) is 8.81. The highest BCUT2D eigenvalue weighted by atomic mass is 19.1. The summed E-state index contributed by atoms with van der Waals surface area (Å²) in [5.41, 5.74) is 3.36. The first-order valence-corrected chi connectivity index (χ1v) is 9.23. The van der Waals surface area contributed by atoms with E-state index in [1.165, 1.54) is 22.6 Å². The highest BCUT2D eigenvalue weighted by Gasteiger charge is 2.23. The van der Waals surface area contributed by atoms with E-state index in [1.807, 2.05) is 31.2 Å². The zero-order valence-electron chi connectivity index (χ0n) is 15.5. The van der Waals surface area contributed by atoms with Gasteiger partial charge < -0.3 is 19.6 Å². The SMILES string of the molecule is Cc1ccc(OC[C@H](O)C[NH+]2CCN(c3ccc(F)cc3)CC2)c(C)c1. The van der Waals surface area contributed by atoms with Crippen LogP contribution in [0.3, 0.4) is 0 Å². The highest BCUT2D eigenvalue weighted by Crippen LogP contribution is 2.18. The van der Waals surface area contributed by atoms with Gasteiger partial charge in [0.1, 0.15) is 30.8 Å². The molecule has 0 aromatic heterocycles. The molecule has 3 rings (SSSR count). The summed E-state index contributed by atoms with van der Waals surface area (Å²) in [4.78, 5) is 3.64. The number of aliphatic hydroxyl groups excluding tert-OH is 1. The van der Waals surface area contributed by atoms with E-state index in [0.29, 0.717) is 13.2 Å². The third-order valence-electron chi connectivity index (χ3n) is 4.95. The van der Waals surface area contributed by atoms with Gasteiger partial charge in [0.25, 0.3) is 0 Å². The Morgan fingerprint density at radius 1 is 1.12 bits per heavy atom. The summed E-state index contributed by atoms with van der Waals surface area (Å²) in [5.74, 6) is 0.635. The van der Waals surface area contributed by atoms with Crippen molar-refractivity contribution in [2.45, 2.75) is 20.0 Å². The Labute approximate surface area is 154 Å². The van der Waals surface area contributed by atoms with Gasteiger partial charge >= 0.3 is 0 Å². The third-order valence-corrected chi connectivity index (χ3v) is 4.95. The Morgan fingerprint density at radius 3 is 2.46 bits per heavy atom. The second-order valence-electron chi connectivity index (χ2n) is 7.15. The second-order valence-corrected chi connectivity index (χ2v) is 7.15. The third kappa shape index (κ3) is 4.96. The van der Waals surface area contributed by atoms with Crippen LogP contribution in [-0.2, 0) is 0 Å². The maximum Gasteiger partial charge on any atom is 0.137 e. The second kappa shape index (κ2) is 8.52. The summed E-state index contributed by atoms with van der Waals surface area (Å²) in [7, 11) is 0. The molecule has 0 radical (unpaired) electrons. The highest BCUT2D eigenvalue weighted by molar-refractivity contribution is 5.46. The number of ether oxygens (including phenoxy) is 1. The molecule has 5 heteroatoms. The van der Waals surface area contributed by atoms with Gasteiger partial charge in [0.15, 0.2) is 0 Å². The molecule has 140 valence electrons. The normalized spacial score (nSPS) is 16.5. The number of piperazine rings is 1. The van der Waals surface area contributed by atoms with Gasteiger partial charge in [-0.2, -0.15) is 0 Å². The molecule has 1 saturated heterocycles. The van der Waals surface area contributed by atoms with Gasteiger partial charge in [0.2, 0.25) is 0 Å². The van der Waals surface area contributed by atoms with Gasteiger partial charge in [0.05, 0.1) is 26.2 Å². The summed E-state index contributed by atoms with van der Waals surface area (Å²) in [6, 6.07) is 12.7. The molecule has 1 fully saturated rings. The first-order chi connectivity index (χ1) is 12.5. The fourth-order valence-corrected chi connectivity index (χ4v) is 3.48. The molecule has 2 aromatic rings. The molecule has 0 amide bonds. The minimum absolute atomic E-state index is 0.204. The Bertz CT molecular complexity index is 712. The molecule has 1 aliphatic heterocycles. The van der Waals surface area contributed by atoms with Crippen LogP contribution in [0.15, 0.2) is 42.5 Å². The van der Waals surface area contributed by atoms with E-state index in [4.69, 9.17) is 4.74 Å². The quantitative estimate of drug-likeness (QED) is 0.823. The fourth-order valence-electron chi connectivity index (χ4n) is 3.48. The molecule has 0 bridgehead atoms. The van der Waals surface area contributed by atoms with Crippen LogP contribution >= 0.6 is 0 Å². The molecule has 4 nitrogen and oxygen atoms in total. The Morgan fingerprint density at radius 2 is 1.81 bits per heavy atom. The number of halogens is 1. The van der Waals surface area contributed by atoms with Crippen LogP contribution in [-0.4, -0.2) is 50.5 Å². The topological polar surface area (TPSA) is 37.1 Å². The summed E-state index contributed by atoms with van der Waals surface area (Å²) in [6.07, 6.45) is -0.483. The molecule has 2 N–H and O–H groups in total. The number of nitrogens with one attached hydrogen (secondary N) is 1. The van der Waals surface area contributed by atoms with Crippen molar-refractivity contribution in [2.24, 2.45) is 0 Å². The Hall–Kier alpha value is -2.11. The van der Waals surface area contributed by atoms with Crippen molar-refractivity contribution in [2.75, 3.05) is 44.2 Å². The molecule has 1 heterocycles. The van der Waals surface area contributed by atoms with Gasteiger partial charge in [-0.15, -0.1) is 0 Å². The predicted molar refractivity (Wildman–Crippen MR) is 102 cm³/mol. The lowest BCUT2D eigenvalue weighted by atomic mass is 10.1. The Kier molecular flexibility index (Phi) is 6.12. The lowest BCUT2D eigenvalue weighted by Gasteiger charge is -2.34. The molecule has 1 aliphatic rings. The molecule has 26 heavy (non-hydrogen) atoms. The number of anilines is 1. The van der Waals surface area contributed by atoms with Crippen molar-refractivity contribution in [3.8, 4) is 5.75 Å². The molecule has 1 atom stereocenters. The Balaban J connectivity index is 1.43. The van der Waals surface area contributed by atoms with Crippen LogP contribution in [0.5, 0.6) is 5.75 Å². The summed E-state index contributed by atoms with van der Waals surface area (Å²) in [5, 5.41) is 10.3. The van der Waals surface area contributed by atoms with Gasteiger partial charge in [-0.1, -0.05) is 17.7 Å². The van der Waals surface area contributed by atoms with Crippen LogP contribution in [0.1, 0.15) is 11.1 Å². The monoisotopic (exact) mass is 359 g/mol. The minimum atomic E-state index is -0.483. The van der Waals surface area contributed by atoms with E-state index in [9.17, 15) is 9.50 Å². The number of quaternary nitrogens is 1. The van der Waals surface area contributed by atoms with E-state index in [-0.39, 0.29) is 5.82 Å². The van der Waals surface area contributed by atoms with E-state index in [2.05, 4.69) is 17.9 Å². The van der Waals surface area contributed by atoms with Crippen molar-refractivity contribution in [3.05, 3.63) is 59.4 Å². The standard InChI is InChI=1S/C21H27FN2O2/c1-16-3-8-21(17(2)13-16)26-15-20(25)14-23-9-11-24(12-10-23)19-6-4-18(22)5-7-19/h3-8,13,20,25H,9-12,14-15H2,1-2H3/p+1/t20-/m1/s1. The molecule has 0 unspecified atom stereocenters. The largest absolute Gasteiger partial charge is 0.490 e. The first-order valence-electron chi connectivity index (χ1n) is 9.23. The zero-order chi connectivity index (χ0) is 18.5. The van der Waals surface area contributed by atoms with Gasteiger partial charge in [-0.25, -0.2) is 4.39 Å². The predicted octanol–water partition coefficient (Wildman–Crippen LogP) is 1.59. The van der Waals surface area contributed by atoms with Crippen molar-refractivity contribution in [1.29, 1.82) is 0 Å². The van der Waals surface area contributed by atoms with Crippen molar-refractivity contribution in [1.82, 2.24) is 0 Å². The molecular formula is C21H28FN2O2+. The minimum Gasteiger partial charge on any atom is -0.490 e. The maximum atomic E-state index is 13.0. The van der Waals surface area contributed by atoms with Crippen LogP contribution in [0, 0.1) is 19.7 Å². The average Bonchev–Trinajstić information content (AvgIpc) is 2.62. The number of aliphatic hydroxyl groups is 1. The maximum absolute atomic E-state index is 13.0. The lowest BCUT2D eigenvalue weighted by molar-refractivity contribution is -0.903. The number of aryl methyl sites for hydroxylation is 2. The van der Waals surface area contributed by atoms with Crippen molar-refractivity contribution >= 4 is 5.69 Å². The van der Waals surface area contributed by atoms with Crippen LogP contribution < -0.4 is 14.5 Å². The van der Waals surface area contributed by atoms with Crippen LogP contribution in [0.4, 0.5) is 10.1 Å². The van der Waals surface area contributed by atoms with Gasteiger partial charge in [0, 0.05) is 5.69 Å². The van der Waals surface area contributed by atoms with Crippen molar-refractivity contribution < 1.29 is 19.1 Å². The molecule has 0 spiro atoms. The van der Waals surface area contributed by atoms with E-state index in [1.54, 1.807) is 0 Å². The lowest BCUT2D eigenvalue weighted by Crippen LogP contribution is -3.16. The first kappa shape index (κ1) is 18.7. The van der Waals surface area contributed by atoms with Gasteiger partial charge in [-0.3, -0.25) is 0 Å². The number of nitrogens with zero attached hydrogens (tertiary/aromatic N) is 1. The van der Waals surface area contributed by atoms with E-state index in [0.717, 1.165) is 43.2 Å². The number of benzene rings is 2. The van der Waals surface area contributed by atoms with Crippen molar-refractivity contribution in [3.63, 3.8) is 0 Å². The zero-order valence-corrected chi connectivity index (χ0v) is 15.5. The molecule has 0 aliphatic carbocycles. The van der Waals surface area contributed by atoms with Crippen LogP contribution in [0.25, 0.3) is 0 Å². The molecule has 2 aromatic carbocycles. The van der Waals surface area contributed by atoms with E-state index < -0.39 is 6.10 Å². The number of hydrogen-bond donors (Lipinski definition) is 2. The van der Waals surface area contributed by atoms with Crippen LogP contribution in [0.2, 0.25) is 0 Å². The number of rotatable bonds is 6. The summed E-state index contributed by atoms with van der Waals surface area (Å²) >= 11 is 0. The smallest absolute Gasteiger partial charge is 0.137 e. The van der Waals surface area contributed by atoms with Gasteiger partial charge in [-0.05, 0) is 49.7 Å². The average molecular weight is 359 g/mol. The molecule has 0 saturated carbocycles. The molecular weight excluding hydrogens is 331 g/mol. The number of hydrogen-bond acceptors (Lipinski definition) is 3.